The van der Waals surface area contributed by atoms with Crippen LogP contribution in [0.2, 0.25) is 0 Å². The molecule has 1 atom stereocenters. The molecule has 4 heteroatoms. The van der Waals surface area contributed by atoms with Gasteiger partial charge in [-0.3, -0.25) is 4.98 Å². The molecule has 1 aliphatic heterocycles. The van der Waals surface area contributed by atoms with Crippen LogP contribution in [-0.4, -0.2) is 18.2 Å². The molecule has 0 N–H and O–H groups in total. The first kappa shape index (κ1) is 13.4. The zero-order valence-electron chi connectivity index (χ0n) is 11.3. The highest BCUT2D eigenvalue weighted by atomic mass is 79.9. The van der Waals surface area contributed by atoms with E-state index in [1.807, 2.05) is 24.4 Å². The van der Waals surface area contributed by atoms with Crippen molar-refractivity contribution in [1.82, 2.24) is 4.98 Å². The zero-order chi connectivity index (χ0) is 13.9. The Balaban J connectivity index is 1.80. The Bertz CT molecular complexity index is 615. The Labute approximate surface area is 127 Å². The number of aryl methyl sites for hydroxylation is 1. The molecule has 0 fully saturated rings. The molecule has 1 aliphatic rings. The predicted molar refractivity (Wildman–Crippen MR) is 81.8 cm³/mol. The predicted octanol–water partition coefficient (Wildman–Crippen LogP) is 3.84. The van der Waals surface area contributed by atoms with Crippen molar-refractivity contribution in [1.29, 1.82) is 0 Å². The quantitative estimate of drug-likeness (QED) is 0.799. The number of alkyl halides is 1. The Morgan fingerprint density at radius 2 is 2.00 bits per heavy atom. The van der Waals surface area contributed by atoms with Gasteiger partial charge in [0.1, 0.15) is 13.2 Å². The molecule has 1 unspecified atom stereocenters. The van der Waals surface area contributed by atoms with E-state index in [0.29, 0.717) is 13.2 Å². The minimum Gasteiger partial charge on any atom is -0.486 e. The van der Waals surface area contributed by atoms with Crippen LogP contribution < -0.4 is 9.47 Å². The molecule has 0 saturated carbocycles. The fraction of sp³-hybridized carbons (Fsp3) is 0.312. The summed E-state index contributed by atoms with van der Waals surface area (Å²) in [5.74, 6) is 1.66. The van der Waals surface area contributed by atoms with Gasteiger partial charge in [-0.05, 0) is 36.2 Å². The van der Waals surface area contributed by atoms with E-state index in [4.69, 9.17) is 9.47 Å². The molecule has 20 heavy (non-hydrogen) atoms. The normalized spacial score (nSPS) is 14.9. The smallest absolute Gasteiger partial charge is 0.161 e. The standard InChI is InChI=1S/C16H16BrNO2/c1-11-3-2-6-18-14(11)10-13(17)12-4-5-15-16(9-12)20-8-7-19-15/h2-6,9,13H,7-8,10H2,1H3. The highest BCUT2D eigenvalue weighted by Crippen LogP contribution is 2.36. The number of benzene rings is 1. The summed E-state index contributed by atoms with van der Waals surface area (Å²) < 4.78 is 11.2. The van der Waals surface area contributed by atoms with Crippen molar-refractivity contribution in [2.75, 3.05) is 13.2 Å². The van der Waals surface area contributed by atoms with Crippen molar-refractivity contribution in [2.24, 2.45) is 0 Å². The monoisotopic (exact) mass is 333 g/mol. The Morgan fingerprint density at radius 3 is 2.80 bits per heavy atom. The summed E-state index contributed by atoms with van der Waals surface area (Å²) >= 11 is 3.75. The summed E-state index contributed by atoms with van der Waals surface area (Å²) in [6.45, 7) is 3.33. The molecule has 1 aromatic heterocycles. The number of fused-ring (bicyclic) bond motifs is 1. The highest BCUT2D eigenvalue weighted by molar-refractivity contribution is 9.09. The summed E-state index contributed by atoms with van der Waals surface area (Å²) in [5, 5.41) is 0. The number of pyridine rings is 1. The first-order chi connectivity index (χ1) is 9.74. The van der Waals surface area contributed by atoms with Crippen molar-refractivity contribution in [3.63, 3.8) is 0 Å². The molecule has 0 bridgehead atoms. The van der Waals surface area contributed by atoms with Gasteiger partial charge in [0.05, 0.1) is 0 Å². The molecule has 0 amide bonds. The van der Waals surface area contributed by atoms with E-state index in [0.717, 1.165) is 23.6 Å². The Kier molecular flexibility index (Phi) is 3.92. The van der Waals surface area contributed by atoms with Gasteiger partial charge in [-0.2, -0.15) is 0 Å². The van der Waals surface area contributed by atoms with Crippen molar-refractivity contribution >= 4 is 15.9 Å². The number of nitrogens with zero attached hydrogens (tertiary/aromatic N) is 1. The molecule has 0 radical (unpaired) electrons. The third-order valence-electron chi connectivity index (χ3n) is 3.42. The lowest BCUT2D eigenvalue weighted by molar-refractivity contribution is 0.171. The zero-order valence-corrected chi connectivity index (χ0v) is 12.9. The van der Waals surface area contributed by atoms with Gasteiger partial charge in [0, 0.05) is 23.1 Å². The van der Waals surface area contributed by atoms with Gasteiger partial charge in [0.25, 0.3) is 0 Å². The second-order valence-corrected chi connectivity index (χ2v) is 5.95. The summed E-state index contributed by atoms with van der Waals surface area (Å²) in [6.07, 6.45) is 2.69. The van der Waals surface area contributed by atoms with Crippen LogP contribution in [0.1, 0.15) is 21.6 Å². The van der Waals surface area contributed by atoms with E-state index >= 15 is 0 Å². The van der Waals surface area contributed by atoms with E-state index in [9.17, 15) is 0 Å². The third-order valence-corrected chi connectivity index (χ3v) is 4.27. The van der Waals surface area contributed by atoms with Crippen molar-refractivity contribution in [2.45, 2.75) is 18.2 Å². The van der Waals surface area contributed by atoms with Gasteiger partial charge in [-0.25, -0.2) is 0 Å². The Morgan fingerprint density at radius 1 is 1.20 bits per heavy atom. The lowest BCUT2D eigenvalue weighted by Gasteiger charge is -2.20. The maximum Gasteiger partial charge on any atom is 0.161 e. The van der Waals surface area contributed by atoms with Crippen LogP contribution in [0.4, 0.5) is 0 Å². The van der Waals surface area contributed by atoms with Crippen molar-refractivity contribution in [3.05, 3.63) is 53.3 Å². The highest BCUT2D eigenvalue weighted by Gasteiger charge is 2.16. The summed E-state index contributed by atoms with van der Waals surface area (Å²) in [7, 11) is 0. The number of rotatable bonds is 3. The average Bonchev–Trinajstić information content (AvgIpc) is 2.49. The van der Waals surface area contributed by atoms with Gasteiger partial charge in [-0.15, -0.1) is 0 Å². The van der Waals surface area contributed by atoms with Gasteiger partial charge in [0.2, 0.25) is 0 Å². The van der Waals surface area contributed by atoms with Crippen LogP contribution in [0.5, 0.6) is 11.5 Å². The van der Waals surface area contributed by atoms with Gasteiger partial charge < -0.3 is 9.47 Å². The molecule has 1 aromatic carbocycles. The number of ether oxygens (including phenoxy) is 2. The number of aromatic nitrogens is 1. The maximum absolute atomic E-state index is 5.63. The minimum atomic E-state index is 0.215. The maximum atomic E-state index is 5.63. The summed E-state index contributed by atoms with van der Waals surface area (Å²) in [4.78, 5) is 4.66. The second-order valence-electron chi connectivity index (χ2n) is 4.84. The molecule has 0 saturated heterocycles. The molecule has 2 aromatic rings. The van der Waals surface area contributed by atoms with Crippen LogP contribution in [0.25, 0.3) is 0 Å². The van der Waals surface area contributed by atoms with E-state index in [1.165, 1.54) is 11.1 Å². The first-order valence-corrected chi connectivity index (χ1v) is 7.60. The van der Waals surface area contributed by atoms with Crippen LogP contribution >= 0.6 is 15.9 Å². The second kappa shape index (κ2) is 5.83. The van der Waals surface area contributed by atoms with Crippen LogP contribution in [0.15, 0.2) is 36.5 Å². The van der Waals surface area contributed by atoms with E-state index < -0.39 is 0 Å². The number of hydrogen-bond acceptors (Lipinski definition) is 3. The fourth-order valence-corrected chi connectivity index (χ4v) is 2.87. The van der Waals surface area contributed by atoms with E-state index in [2.05, 4.69) is 40.0 Å². The van der Waals surface area contributed by atoms with Gasteiger partial charge in [0.15, 0.2) is 11.5 Å². The summed E-state index contributed by atoms with van der Waals surface area (Å²) in [5.41, 5.74) is 3.51. The van der Waals surface area contributed by atoms with E-state index in [-0.39, 0.29) is 4.83 Å². The number of halogens is 1. The average molecular weight is 334 g/mol. The first-order valence-electron chi connectivity index (χ1n) is 6.68. The van der Waals surface area contributed by atoms with Crippen LogP contribution in [0.3, 0.4) is 0 Å². The van der Waals surface area contributed by atoms with Gasteiger partial charge in [-0.1, -0.05) is 28.1 Å². The molecule has 0 aliphatic carbocycles. The molecule has 0 spiro atoms. The van der Waals surface area contributed by atoms with Crippen molar-refractivity contribution in [3.8, 4) is 11.5 Å². The largest absolute Gasteiger partial charge is 0.486 e. The molecular formula is C16H16BrNO2. The SMILES string of the molecule is Cc1cccnc1CC(Br)c1ccc2c(c1)OCCO2. The van der Waals surface area contributed by atoms with E-state index in [1.54, 1.807) is 0 Å². The molecule has 104 valence electrons. The topological polar surface area (TPSA) is 31.4 Å². The lowest BCUT2D eigenvalue weighted by Crippen LogP contribution is -2.15. The molecular weight excluding hydrogens is 318 g/mol. The van der Waals surface area contributed by atoms with Crippen molar-refractivity contribution < 1.29 is 9.47 Å². The lowest BCUT2D eigenvalue weighted by atomic mass is 10.0. The molecule has 3 nitrogen and oxygen atoms in total. The minimum absolute atomic E-state index is 0.215. The molecule has 3 rings (SSSR count). The Hall–Kier alpha value is -1.55. The fourth-order valence-electron chi connectivity index (χ4n) is 2.27. The number of hydrogen-bond donors (Lipinski definition) is 0. The van der Waals surface area contributed by atoms with Gasteiger partial charge >= 0.3 is 0 Å². The molecule has 2 heterocycles. The third kappa shape index (κ3) is 2.80. The van der Waals surface area contributed by atoms with Crippen LogP contribution in [0, 0.1) is 6.92 Å². The van der Waals surface area contributed by atoms with Crippen LogP contribution in [-0.2, 0) is 6.42 Å². The summed E-state index contributed by atoms with van der Waals surface area (Å²) in [6, 6.07) is 10.2.